The number of hydrogen-bond acceptors (Lipinski definition) is 7. The second kappa shape index (κ2) is 6.42. The molecule has 0 aliphatic carbocycles. The normalized spacial score (nSPS) is 11.5. The SMILES string of the molecule is O=[N+]([O-])c1ccc(O)c(/C=N\Nc2ccc(S(=O)(=O)O)cc2)c1. The number of anilines is 1. The summed E-state index contributed by atoms with van der Waals surface area (Å²) in [5, 5.41) is 24.1. The highest BCUT2D eigenvalue weighted by Crippen LogP contribution is 2.21. The van der Waals surface area contributed by atoms with E-state index < -0.39 is 15.0 Å². The lowest BCUT2D eigenvalue weighted by molar-refractivity contribution is -0.384. The Bertz CT molecular complexity index is 862. The fourth-order valence-electron chi connectivity index (χ4n) is 1.64. The second-order valence-corrected chi connectivity index (χ2v) is 5.79. The minimum absolute atomic E-state index is 0.140. The van der Waals surface area contributed by atoms with Crippen LogP contribution in [-0.4, -0.2) is 29.2 Å². The maximum absolute atomic E-state index is 10.9. The molecule has 10 heteroatoms. The molecule has 2 aromatic rings. The highest BCUT2D eigenvalue weighted by Gasteiger charge is 2.09. The Balaban J connectivity index is 2.13. The molecule has 2 aromatic carbocycles. The summed E-state index contributed by atoms with van der Waals surface area (Å²) < 4.78 is 30.6. The van der Waals surface area contributed by atoms with Crippen LogP contribution < -0.4 is 5.43 Å². The van der Waals surface area contributed by atoms with Crippen molar-refractivity contribution in [3.8, 4) is 5.75 Å². The molecule has 0 fully saturated rings. The first-order valence-corrected chi connectivity index (χ1v) is 7.55. The van der Waals surface area contributed by atoms with Gasteiger partial charge in [0.05, 0.1) is 21.7 Å². The molecule has 2 rings (SSSR count). The molecule has 0 atom stereocenters. The maximum Gasteiger partial charge on any atom is 0.294 e. The molecule has 0 bridgehead atoms. The summed E-state index contributed by atoms with van der Waals surface area (Å²) in [6.45, 7) is 0. The van der Waals surface area contributed by atoms with Crippen molar-refractivity contribution in [2.75, 3.05) is 5.43 Å². The molecule has 0 spiro atoms. The molecule has 9 nitrogen and oxygen atoms in total. The number of rotatable bonds is 5. The van der Waals surface area contributed by atoms with Crippen LogP contribution in [0.2, 0.25) is 0 Å². The topological polar surface area (TPSA) is 142 Å². The zero-order chi connectivity index (χ0) is 17.0. The van der Waals surface area contributed by atoms with Gasteiger partial charge in [-0.15, -0.1) is 0 Å². The predicted octanol–water partition coefficient (Wildman–Crippen LogP) is 1.99. The zero-order valence-electron chi connectivity index (χ0n) is 11.4. The van der Waals surface area contributed by atoms with Gasteiger partial charge in [-0.25, -0.2) is 0 Å². The van der Waals surface area contributed by atoms with E-state index in [2.05, 4.69) is 10.5 Å². The van der Waals surface area contributed by atoms with Gasteiger partial charge >= 0.3 is 0 Å². The van der Waals surface area contributed by atoms with Crippen LogP contribution in [0.5, 0.6) is 5.75 Å². The van der Waals surface area contributed by atoms with Crippen LogP contribution >= 0.6 is 0 Å². The number of hydrazone groups is 1. The minimum Gasteiger partial charge on any atom is -0.507 e. The van der Waals surface area contributed by atoms with Crippen LogP contribution in [0.4, 0.5) is 11.4 Å². The molecule has 0 amide bonds. The smallest absolute Gasteiger partial charge is 0.294 e. The third-order valence-corrected chi connectivity index (χ3v) is 3.64. The van der Waals surface area contributed by atoms with E-state index in [9.17, 15) is 23.6 Å². The second-order valence-electron chi connectivity index (χ2n) is 4.37. The molecule has 0 aromatic heterocycles. The van der Waals surface area contributed by atoms with Crippen molar-refractivity contribution in [3.63, 3.8) is 0 Å². The van der Waals surface area contributed by atoms with E-state index in [1.54, 1.807) is 0 Å². The molecule has 0 heterocycles. The van der Waals surface area contributed by atoms with Crippen molar-refractivity contribution >= 4 is 27.7 Å². The fourth-order valence-corrected chi connectivity index (χ4v) is 2.12. The Labute approximate surface area is 130 Å². The highest BCUT2D eigenvalue weighted by atomic mass is 32.2. The molecule has 0 aliphatic rings. The number of nitrogens with zero attached hydrogens (tertiary/aromatic N) is 2. The molecular weight excluding hydrogens is 326 g/mol. The average Bonchev–Trinajstić information content (AvgIpc) is 2.48. The van der Waals surface area contributed by atoms with Crippen molar-refractivity contribution in [3.05, 3.63) is 58.1 Å². The molecule has 0 radical (unpaired) electrons. The molecule has 120 valence electrons. The van der Waals surface area contributed by atoms with Crippen molar-refractivity contribution in [2.45, 2.75) is 4.90 Å². The minimum atomic E-state index is -4.26. The van der Waals surface area contributed by atoms with E-state index in [1.165, 1.54) is 36.5 Å². The zero-order valence-corrected chi connectivity index (χ0v) is 12.3. The molecular formula is C13H11N3O6S. The number of phenolic OH excluding ortho intramolecular Hbond substituents is 1. The number of aromatic hydroxyl groups is 1. The van der Waals surface area contributed by atoms with Crippen LogP contribution in [0.3, 0.4) is 0 Å². The van der Waals surface area contributed by atoms with Crippen LogP contribution in [0, 0.1) is 10.1 Å². The van der Waals surface area contributed by atoms with Gasteiger partial charge in [0.1, 0.15) is 5.75 Å². The lowest BCUT2D eigenvalue weighted by Crippen LogP contribution is -1.98. The third-order valence-electron chi connectivity index (χ3n) is 2.77. The quantitative estimate of drug-likeness (QED) is 0.328. The first kappa shape index (κ1) is 16.4. The van der Waals surface area contributed by atoms with Gasteiger partial charge in [0, 0.05) is 17.7 Å². The molecule has 0 saturated carbocycles. The van der Waals surface area contributed by atoms with Gasteiger partial charge in [-0.1, -0.05) is 0 Å². The van der Waals surface area contributed by atoms with E-state index in [0.717, 1.165) is 12.1 Å². The molecule has 23 heavy (non-hydrogen) atoms. The van der Waals surface area contributed by atoms with Crippen LogP contribution in [-0.2, 0) is 10.1 Å². The van der Waals surface area contributed by atoms with Gasteiger partial charge < -0.3 is 5.11 Å². The number of nitro benzene ring substituents is 1. The third kappa shape index (κ3) is 4.25. The monoisotopic (exact) mass is 337 g/mol. The number of hydrogen-bond donors (Lipinski definition) is 3. The Morgan fingerprint density at radius 2 is 1.83 bits per heavy atom. The highest BCUT2D eigenvalue weighted by molar-refractivity contribution is 7.85. The van der Waals surface area contributed by atoms with Crippen LogP contribution in [0.25, 0.3) is 0 Å². The Kier molecular flexibility index (Phi) is 4.57. The number of nitrogens with one attached hydrogen (secondary N) is 1. The van der Waals surface area contributed by atoms with Gasteiger partial charge in [0.15, 0.2) is 0 Å². The molecule has 3 N–H and O–H groups in total. The summed E-state index contributed by atoms with van der Waals surface area (Å²) in [5.41, 5.74) is 2.92. The van der Waals surface area contributed by atoms with E-state index in [-0.39, 0.29) is 21.9 Å². The lowest BCUT2D eigenvalue weighted by atomic mass is 10.2. The first-order chi connectivity index (χ1) is 10.8. The number of phenols is 1. The standard InChI is InChI=1S/C13H11N3O6S/c17-13-6-3-11(16(18)19)7-9(13)8-14-15-10-1-4-12(5-2-10)23(20,21)22/h1-8,15,17H,(H,20,21,22)/b14-8-. The predicted molar refractivity (Wildman–Crippen MR) is 82.2 cm³/mol. The molecule has 0 saturated heterocycles. The van der Waals surface area contributed by atoms with E-state index >= 15 is 0 Å². The van der Waals surface area contributed by atoms with Crippen LogP contribution in [0.1, 0.15) is 5.56 Å². The Morgan fingerprint density at radius 1 is 1.17 bits per heavy atom. The van der Waals surface area contributed by atoms with Crippen molar-refractivity contribution < 1.29 is 23.0 Å². The van der Waals surface area contributed by atoms with Gasteiger partial charge in [0.2, 0.25) is 0 Å². The maximum atomic E-state index is 10.9. The Hall–Kier alpha value is -2.98. The average molecular weight is 337 g/mol. The summed E-state index contributed by atoms with van der Waals surface area (Å²) in [5.74, 6) is -0.178. The van der Waals surface area contributed by atoms with E-state index in [4.69, 9.17) is 4.55 Å². The number of benzene rings is 2. The van der Waals surface area contributed by atoms with Crippen molar-refractivity contribution in [1.82, 2.24) is 0 Å². The first-order valence-electron chi connectivity index (χ1n) is 6.11. The summed E-state index contributed by atoms with van der Waals surface area (Å²) in [7, 11) is -4.26. The van der Waals surface area contributed by atoms with Gasteiger partial charge in [-0.3, -0.25) is 20.1 Å². The molecule has 0 unspecified atom stereocenters. The summed E-state index contributed by atoms with van der Waals surface area (Å²) in [4.78, 5) is 9.81. The van der Waals surface area contributed by atoms with E-state index in [0.29, 0.717) is 5.69 Å². The van der Waals surface area contributed by atoms with Gasteiger partial charge in [-0.2, -0.15) is 13.5 Å². The van der Waals surface area contributed by atoms with Gasteiger partial charge in [0.25, 0.3) is 15.8 Å². The van der Waals surface area contributed by atoms with Crippen molar-refractivity contribution in [2.24, 2.45) is 5.10 Å². The fraction of sp³-hybridized carbons (Fsp3) is 0. The van der Waals surface area contributed by atoms with E-state index in [1.807, 2.05) is 0 Å². The summed E-state index contributed by atoms with van der Waals surface area (Å²) >= 11 is 0. The number of non-ortho nitro benzene ring substituents is 1. The Morgan fingerprint density at radius 3 is 2.39 bits per heavy atom. The van der Waals surface area contributed by atoms with Crippen molar-refractivity contribution in [1.29, 1.82) is 0 Å². The molecule has 0 aliphatic heterocycles. The number of nitro groups is 1. The largest absolute Gasteiger partial charge is 0.507 e. The summed E-state index contributed by atoms with van der Waals surface area (Å²) in [6, 6.07) is 8.59. The van der Waals surface area contributed by atoms with Gasteiger partial charge in [-0.05, 0) is 30.3 Å². The summed E-state index contributed by atoms with van der Waals surface area (Å²) in [6.07, 6.45) is 1.18. The lowest BCUT2D eigenvalue weighted by Gasteiger charge is -2.02. The van der Waals surface area contributed by atoms with Crippen LogP contribution in [0.15, 0.2) is 52.5 Å².